The smallest absolute Gasteiger partial charge is 0.407 e. The number of rotatable bonds is 5. The first-order chi connectivity index (χ1) is 10.1. The van der Waals surface area contributed by atoms with Gasteiger partial charge in [0.1, 0.15) is 11.4 Å². The van der Waals surface area contributed by atoms with Crippen molar-refractivity contribution in [3.8, 4) is 0 Å². The van der Waals surface area contributed by atoms with Gasteiger partial charge in [0.2, 0.25) is 0 Å². The van der Waals surface area contributed by atoms with Gasteiger partial charge in [0.05, 0.1) is 0 Å². The number of ketones is 1. The van der Waals surface area contributed by atoms with Crippen molar-refractivity contribution in [3.63, 3.8) is 0 Å². The van der Waals surface area contributed by atoms with E-state index in [0.717, 1.165) is 0 Å². The third-order valence-electron chi connectivity index (χ3n) is 3.15. The van der Waals surface area contributed by atoms with Gasteiger partial charge in [-0.15, -0.1) is 0 Å². The van der Waals surface area contributed by atoms with Crippen molar-refractivity contribution in [1.29, 1.82) is 0 Å². The van der Waals surface area contributed by atoms with E-state index < -0.39 is 11.7 Å². The lowest BCUT2D eigenvalue weighted by molar-refractivity contribution is 0.0523. The van der Waals surface area contributed by atoms with Crippen molar-refractivity contribution in [3.05, 3.63) is 35.1 Å². The second kappa shape index (κ2) is 7.38. The van der Waals surface area contributed by atoms with E-state index in [9.17, 15) is 14.0 Å². The van der Waals surface area contributed by atoms with Crippen LogP contribution in [0.25, 0.3) is 0 Å². The molecule has 0 saturated heterocycles. The van der Waals surface area contributed by atoms with Gasteiger partial charge >= 0.3 is 6.09 Å². The Labute approximate surface area is 131 Å². The molecule has 1 N–H and O–H groups in total. The number of alkyl carbamates (subject to hydrolysis) is 1. The summed E-state index contributed by atoms with van der Waals surface area (Å²) in [5, 5.41) is 2.63. The highest BCUT2D eigenvalue weighted by Gasteiger charge is 2.19. The molecule has 1 aromatic rings. The SMILES string of the molecule is Cc1cc(F)ccc1C(=O)[C@H](C)CCNC(=O)OC(C)(C)C. The molecule has 0 fully saturated rings. The first-order valence-electron chi connectivity index (χ1n) is 7.37. The molecule has 0 unspecified atom stereocenters. The van der Waals surface area contributed by atoms with Gasteiger partial charge in [0.25, 0.3) is 0 Å². The van der Waals surface area contributed by atoms with Crippen LogP contribution in [0, 0.1) is 18.7 Å². The largest absolute Gasteiger partial charge is 0.444 e. The summed E-state index contributed by atoms with van der Waals surface area (Å²) < 4.78 is 18.2. The fraction of sp³-hybridized carbons (Fsp3) is 0.529. The predicted molar refractivity (Wildman–Crippen MR) is 83.5 cm³/mol. The average Bonchev–Trinajstić information content (AvgIpc) is 2.35. The molecule has 5 heteroatoms. The fourth-order valence-electron chi connectivity index (χ4n) is 2.01. The third kappa shape index (κ3) is 5.84. The van der Waals surface area contributed by atoms with E-state index in [0.29, 0.717) is 24.1 Å². The number of amides is 1. The fourth-order valence-corrected chi connectivity index (χ4v) is 2.01. The highest BCUT2D eigenvalue weighted by atomic mass is 19.1. The number of carbonyl (C=O) groups excluding carboxylic acids is 2. The standard InChI is InChI=1S/C17H24FNO3/c1-11(8-9-19-16(21)22-17(3,4)5)15(20)14-7-6-13(18)10-12(14)2/h6-7,10-11H,8-9H2,1-5H3,(H,19,21)/t11-/m1/s1. The molecule has 0 spiro atoms. The zero-order valence-corrected chi connectivity index (χ0v) is 13.8. The number of Topliss-reactive ketones (excluding diaryl/α,β-unsaturated/α-hetero) is 1. The maximum atomic E-state index is 13.1. The summed E-state index contributed by atoms with van der Waals surface area (Å²) >= 11 is 0. The lowest BCUT2D eigenvalue weighted by Gasteiger charge is -2.20. The van der Waals surface area contributed by atoms with Crippen LogP contribution in [0.15, 0.2) is 18.2 Å². The van der Waals surface area contributed by atoms with Crippen molar-refractivity contribution in [2.75, 3.05) is 6.54 Å². The molecule has 1 aromatic carbocycles. The van der Waals surface area contributed by atoms with Crippen molar-refractivity contribution >= 4 is 11.9 Å². The summed E-state index contributed by atoms with van der Waals surface area (Å²) in [6, 6.07) is 4.13. The van der Waals surface area contributed by atoms with Crippen molar-refractivity contribution in [2.45, 2.75) is 46.6 Å². The Balaban J connectivity index is 2.50. The average molecular weight is 309 g/mol. The van der Waals surface area contributed by atoms with E-state index in [1.54, 1.807) is 34.6 Å². The Morgan fingerprint density at radius 1 is 1.32 bits per heavy atom. The zero-order chi connectivity index (χ0) is 16.9. The van der Waals surface area contributed by atoms with E-state index >= 15 is 0 Å². The molecular formula is C17H24FNO3. The van der Waals surface area contributed by atoms with Gasteiger partial charge in [0, 0.05) is 18.0 Å². The lowest BCUT2D eigenvalue weighted by atomic mass is 9.93. The van der Waals surface area contributed by atoms with Crippen LogP contribution in [0.1, 0.15) is 50.0 Å². The van der Waals surface area contributed by atoms with Crippen molar-refractivity contribution < 1.29 is 18.7 Å². The first kappa shape index (κ1) is 18.1. The molecule has 122 valence electrons. The molecular weight excluding hydrogens is 285 g/mol. The highest BCUT2D eigenvalue weighted by molar-refractivity contribution is 5.98. The van der Waals surface area contributed by atoms with Gasteiger partial charge in [-0.25, -0.2) is 9.18 Å². The maximum absolute atomic E-state index is 13.1. The molecule has 0 aliphatic heterocycles. The number of hydrogen-bond acceptors (Lipinski definition) is 3. The van der Waals surface area contributed by atoms with Crippen LogP contribution in [0.4, 0.5) is 9.18 Å². The van der Waals surface area contributed by atoms with E-state index in [2.05, 4.69) is 5.32 Å². The Morgan fingerprint density at radius 2 is 1.95 bits per heavy atom. The van der Waals surface area contributed by atoms with E-state index in [1.165, 1.54) is 18.2 Å². The number of aryl methyl sites for hydroxylation is 1. The Morgan fingerprint density at radius 3 is 2.50 bits per heavy atom. The molecule has 22 heavy (non-hydrogen) atoms. The lowest BCUT2D eigenvalue weighted by Crippen LogP contribution is -2.33. The topological polar surface area (TPSA) is 55.4 Å². The summed E-state index contributed by atoms with van der Waals surface area (Å²) in [5.74, 6) is -0.670. The number of hydrogen-bond donors (Lipinski definition) is 1. The monoisotopic (exact) mass is 309 g/mol. The molecule has 1 rings (SSSR count). The zero-order valence-electron chi connectivity index (χ0n) is 13.8. The van der Waals surface area contributed by atoms with Gasteiger partial charge in [-0.2, -0.15) is 0 Å². The van der Waals surface area contributed by atoms with Gasteiger partial charge < -0.3 is 10.1 Å². The first-order valence-corrected chi connectivity index (χ1v) is 7.37. The molecule has 1 atom stereocenters. The normalized spacial score (nSPS) is 12.6. The number of carbonyl (C=O) groups is 2. The summed E-state index contributed by atoms with van der Waals surface area (Å²) in [6.45, 7) is 9.22. The van der Waals surface area contributed by atoms with E-state index in [-0.39, 0.29) is 17.5 Å². The van der Waals surface area contributed by atoms with Crippen LogP contribution in [-0.2, 0) is 4.74 Å². The molecule has 0 saturated carbocycles. The molecule has 1 amide bonds. The van der Waals surface area contributed by atoms with Crippen LogP contribution in [0.3, 0.4) is 0 Å². The van der Waals surface area contributed by atoms with Crippen molar-refractivity contribution in [2.24, 2.45) is 5.92 Å². The second-order valence-electron chi connectivity index (χ2n) is 6.44. The minimum absolute atomic E-state index is 0.0523. The number of halogens is 1. The minimum Gasteiger partial charge on any atom is -0.444 e. The molecule has 0 radical (unpaired) electrons. The van der Waals surface area contributed by atoms with Crippen LogP contribution >= 0.6 is 0 Å². The maximum Gasteiger partial charge on any atom is 0.407 e. The molecule has 0 aromatic heterocycles. The van der Waals surface area contributed by atoms with E-state index in [4.69, 9.17) is 4.74 Å². The number of nitrogens with one attached hydrogen (secondary N) is 1. The molecule has 0 aliphatic carbocycles. The summed E-state index contributed by atoms with van der Waals surface area (Å²) in [5.41, 5.74) is 0.597. The quantitative estimate of drug-likeness (QED) is 0.840. The van der Waals surface area contributed by atoms with Crippen LogP contribution in [0.2, 0.25) is 0 Å². The van der Waals surface area contributed by atoms with E-state index in [1.807, 2.05) is 0 Å². The Kier molecular flexibility index (Phi) is 6.09. The molecule has 4 nitrogen and oxygen atoms in total. The molecule has 0 bridgehead atoms. The Hall–Kier alpha value is -1.91. The Bertz CT molecular complexity index is 549. The minimum atomic E-state index is -0.545. The molecule has 0 aliphatic rings. The third-order valence-corrected chi connectivity index (χ3v) is 3.15. The van der Waals surface area contributed by atoms with Crippen LogP contribution in [0.5, 0.6) is 0 Å². The van der Waals surface area contributed by atoms with Gasteiger partial charge in [0.15, 0.2) is 5.78 Å². The van der Waals surface area contributed by atoms with Crippen LogP contribution in [-0.4, -0.2) is 24.0 Å². The summed E-state index contributed by atoms with van der Waals surface area (Å²) in [7, 11) is 0. The van der Waals surface area contributed by atoms with Gasteiger partial charge in [-0.1, -0.05) is 6.92 Å². The summed E-state index contributed by atoms with van der Waals surface area (Å²) in [4.78, 5) is 23.8. The molecule has 0 heterocycles. The predicted octanol–water partition coefficient (Wildman–Crippen LogP) is 3.87. The van der Waals surface area contributed by atoms with Crippen LogP contribution < -0.4 is 5.32 Å². The van der Waals surface area contributed by atoms with Gasteiger partial charge in [-0.05, 0) is 57.9 Å². The number of benzene rings is 1. The number of ether oxygens (including phenoxy) is 1. The highest BCUT2D eigenvalue weighted by Crippen LogP contribution is 2.17. The van der Waals surface area contributed by atoms with Crippen molar-refractivity contribution in [1.82, 2.24) is 5.32 Å². The second-order valence-corrected chi connectivity index (χ2v) is 6.44. The summed E-state index contributed by atoms with van der Waals surface area (Å²) in [6.07, 6.45) is -0.000334. The van der Waals surface area contributed by atoms with Gasteiger partial charge in [-0.3, -0.25) is 4.79 Å².